The molecule has 20 heavy (non-hydrogen) atoms. The van der Waals surface area contributed by atoms with Crippen LogP contribution in [0, 0.1) is 12.7 Å². The van der Waals surface area contributed by atoms with Crippen LogP contribution in [0.25, 0.3) is 0 Å². The van der Waals surface area contributed by atoms with Gasteiger partial charge in [-0.25, -0.2) is 4.39 Å². The third kappa shape index (κ3) is 2.91. The summed E-state index contributed by atoms with van der Waals surface area (Å²) in [5, 5.41) is 10.4. The van der Waals surface area contributed by atoms with E-state index >= 15 is 0 Å². The van der Waals surface area contributed by atoms with Gasteiger partial charge >= 0.3 is 0 Å². The summed E-state index contributed by atoms with van der Waals surface area (Å²) in [5.74, 6) is -0.352. The van der Waals surface area contributed by atoms with Gasteiger partial charge < -0.3 is 5.11 Å². The minimum Gasteiger partial charge on any atom is -0.384 e. The van der Waals surface area contributed by atoms with Crippen LogP contribution in [0.15, 0.2) is 36.4 Å². The standard InChI is InChI=1S/C18H21FO/c1-4-13-7-8-15(11-14(13)5-2)18(20)16-9-6-12(3)10-17(16)19/h6-11,18,20H,4-5H2,1-3H3. The minimum atomic E-state index is -0.910. The fraction of sp³-hybridized carbons (Fsp3) is 0.333. The number of aliphatic hydroxyl groups excluding tert-OH is 1. The van der Waals surface area contributed by atoms with Gasteiger partial charge in [-0.3, -0.25) is 0 Å². The van der Waals surface area contributed by atoms with Gasteiger partial charge in [0.05, 0.1) is 0 Å². The van der Waals surface area contributed by atoms with Crippen LogP contribution in [0.5, 0.6) is 0 Å². The quantitative estimate of drug-likeness (QED) is 0.877. The third-order valence-electron chi connectivity index (χ3n) is 3.76. The molecule has 1 nitrogen and oxygen atoms in total. The Morgan fingerprint density at radius 2 is 1.70 bits per heavy atom. The molecule has 2 heteroatoms. The van der Waals surface area contributed by atoms with Gasteiger partial charge in [-0.1, -0.05) is 44.2 Å². The van der Waals surface area contributed by atoms with Crippen molar-refractivity contribution in [3.63, 3.8) is 0 Å². The zero-order valence-corrected chi connectivity index (χ0v) is 12.3. The molecule has 0 aliphatic carbocycles. The number of benzene rings is 2. The van der Waals surface area contributed by atoms with Gasteiger partial charge in [-0.15, -0.1) is 0 Å². The van der Waals surface area contributed by atoms with Crippen LogP contribution in [0.1, 0.15) is 47.8 Å². The highest BCUT2D eigenvalue weighted by atomic mass is 19.1. The zero-order chi connectivity index (χ0) is 14.7. The second kappa shape index (κ2) is 6.19. The van der Waals surface area contributed by atoms with Crippen molar-refractivity contribution in [2.45, 2.75) is 39.7 Å². The number of aliphatic hydroxyl groups is 1. The molecule has 106 valence electrons. The Bertz CT molecular complexity index is 604. The topological polar surface area (TPSA) is 20.2 Å². The van der Waals surface area contributed by atoms with E-state index in [0.29, 0.717) is 5.56 Å². The maximum Gasteiger partial charge on any atom is 0.129 e. The number of hydrogen-bond donors (Lipinski definition) is 1. The summed E-state index contributed by atoms with van der Waals surface area (Å²) in [4.78, 5) is 0. The molecule has 0 saturated heterocycles. The third-order valence-corrected chi connectivity index (χ3v) is 3.76. The van der Waals surface area contributed by atoms with Crippen molar-refractivity contribution in [2.24, 2.45) is 0 Å². The molecule has 1 N–H and O–H groups in total. The van der Waals surface area contributed by atoms with Crippen molar-refractivity contribution in [2.75, 3.05) is 0 Å². The Hall–Kier alpha value is -1.67. The fourth-order valence-electron chi connectivity index (χ4n) is 2.52. The van der Waals surface area contributed by atoms with E-state index in [4.69, 9.17) is 0 Å². The van der Waals surface area contributed by atoms with E-state index in [-0.39, 0.29) is 5.82 Å². The van der Waals surface area contributed by atoms with E-state index in [0.717, 1.165) is 24.0 Å². The summed E-state index contributed by atoms with van der Waals surface area (Å²) in [7, 11) is 0. The maximum absolute atomic E-state index is 14.0. The SMILES string of the molecule is CCc1ccc(C(O)c2ccc(C)cc2F)cc1CC. The fourth-order valence-corrected chi connectivity index (χ4v) is 2.52. The summed E-state index contributed by atoms with van der Waals surface area (Å²) in [6.07, 6.45) is 0.977. The van der Waals surface area contributed by atoms with Crippen LogP contribution >= 0.6 is 0 Å². The second-order valence-corrected chi connectivity index (χ2v) is 5.16. The van der Waals surface area contributed by atoms with E-state index < -0.39 is 6.10 Å². The molecule has 0 aliphatic heterocycles. The van der Waals surface area contributed by atoms with Gasteiger partial charge in [0.1, 0.15) is 11.9 Å². The molecule has 2 aromatic rings. The molecule has 0 aliphatic rings. The van der Waals surface area contributed by atoms with Gasteiger partial charge in [0, 0.05) is 5.56 Å². The Morgan fingerprint density at radius 1 is 1.00 bits per heavy atom. The van der Waals surface area contributed by atoms with E-state index in [1.807, 2.05) is 31.2 Å². The molecule has 0 spiro atoms. The molecule has 0 radical (unpaired) electrons. The second-order valence-electron chi connectivity index (χ2n) is 5.16. The van der Waals surface area contributed by atoms with Gasteiger partial charge in [0.25, 0.3) is 0 Å². The predicted molar refractivity (Wildman–Crippen MR) is 80.4 cm³/mol. The first-order chi connectivity index (χ1) is 9.56. The Balaban J connectivity index is 2.40. The lowest BCUT2D eigenvalue weighted by molar-refractivity contribution is 0.215. The van der Waals surface area contributed by atoms with Crippen molar-refractivity contribution >= 4 is 0 Å². The van der Waals surface area contributed by atoms with Crippen LogP contribution in [0.2, 0.25) is 0 Å². The molecular weight excluding hydrogens is 251 g/mol. The largest absolute Gasteiger partial charge is 0.384 e. The Kier molecular flexibility index (Phi) is 4.56. The highest BCUT2D eigenvalue weighted by molar-refractivity contribution is 5.38. The summed E-state index contributed by atoms with van der Waals surface area (Å²) in [5.41, 5.74) is 4.45. The van der Waals surface area contributed by atoms with E-state index in [1.54, 1.807) is 6.07 Å². The van der Waals surface area contributed by atoms with Crippen LogP contribution in [-0.4, -0.2) is 5.11 Å². The minimum absolute atomic E-state index is 0.335. The van der Waals surface area contributed by atoms with Crippen molar-refractivity contribution < 1.29 is 9.50 Å². The zero-order valence-electron chi connectivity index (χ0n) is 12.3. The lowest BCUT2D eigenvalue weighted by atomic mass is 9.94. The number of hydrogen-bond acceptors (Lipinski definition) is 1. The van der Waals surface area contributed by atoms with E-state index in [1.165, 1.54) is 17.2 Å². The summed E-state index contributed by atoms with van der Waals surface area (Å²) < 4.78 is 14.0. The van der Waals surface area contributed by atoms with Crippen LogP contribution in [0.4, 0.5) is 4.39 Å². The van der Waals surface area contributed by atoms with Crippen molar-refractivity contribution in [3.8, 4) is 0 Å². The van der Waals surface area contributed by atoms with Crippen LogP contribution in [0.3, 0.4) is 0 Å². The molecule has 0 heterocycles. The first-order valence-corrected chi connectivity index (χ1v) is 7.12. The molecule has 0 amide bonds. The lowest BCUT2D eigenvalue weighted by Crippen LogP contribution is -2.04. The Labute approximate surface area is 120 Å². The average Bonchev–Trinajstić information content (AvgIpc) is 2.45. The highest BCUT2D eigenvalue weighted by Gasteiger charge is 2.16. The molecule has 1 atom stereocenters. The normalized spacial score (nSPS) is 12.4. The van der Waals surface area contributed by atoms with Crippen LogP contribution < -0.4 is 0 Å². The highest BCUT2D eigenvalue weighted by Crippen LogP contribution is 2.27. The molecule has 0 bridgehead atoms. The number of halogens is 1. The van der Waals surface area contributed by atoms with Crippen LogP contribution in [-0.2, 0) is 12.8 Å². The molecular formula is C18H21FO. The van der Waals surface area contributed by atoms with E-state index in [2.05, 4.69) is 13.8 Å². The molecule has 0 fully saturated rings. The summed E-state index contributed by atoms with van der Waals surface area (Å²) in [6.45, 7) is 6.05. The lowest BCUT2D eigenvalue weighted by Gasteiger charge is -2.15. The smallest absolute Gasteiger partial charge is 0.129 e. The number of aryl methyl sites for hydroxylation is 3. The van der Waals surface area contributed by atoms with Crippen molar-refractivity contribution in [1.82, 2.24) is 0 Å². The van der Waals surface area contributed by atoms with Gasteiger partial charge in [-0.05, 0) is 48.1 Å². The average molecular weight is 272 g/mol. The van der Waals surface area contributed by atoms with Gasteiger partial charge in [0.2, 0.25) is 0 Å². The monoisotopic (exact) mass is 272 g/mol. The number of rotatable bonds is 4. The summed E-state index contributed by atoms with van der Waals surface area (Å²) in [6, 6.07) is 10.9. The molecule has 1 unspecified atom stereocenters. The predicted octanol–water partition coefficient (Wildman–Crippen LogP) is 4.34. The maximum atomic E-state index is 14.0. The molecule has 0 aromatic heterocycles. The van der Waals surface area contributed by atoms with E-state index in [9.17, 15) is 9.50 Å². The first-order valence-electron chi connectivity index (χ1n) is 7.12. The van der Waals surface area contributed by atoms with Gasteiger partial charge in [-0.2, -0.15) is 0 Å². The molecule has 0 saturated carbocycles. The van der Waals surface area contributed by atoms with Gasteiger partial charge in [0.15, 0.2) is 0 Å². The van der Waals surface area contributed by atoms with Crippen molar-refractivity contribution in [1.29, 1.82) is 0 Å². The Morgan fingerprint density at radius 3 is 2.30 bits per heavy atom. The first kappa shape index (κ1) is 14.7. The molecule has 2 rings (SSSR count). The molecule has 2 aromatic carbocycles. The van der Waals surface area contributed by atoms with Crippen molar-refractivity contribution in [3.05, 3.63) is 70.0 Å². The summed E-state index contributed by atoms with van der Waals surface area (Å²) >= 11 is 0.